The highest BCUT2D eigenvalue weighted by atomic mass is 35.5. The molecule has 6 rings (SSSR count). The summed E-state index contributed by atoms with van der Waals surface area (Å²) in [4.78, 5) is 7.26. The summed E-state index contributed by atoms with van der Waals surface area (Å²) in [5.74, 6) is 2.32. The molecule has 0 amide bonds. The molecule has 1 aliphatic carbocycles. The number of aromatic nitrogens is 1. The van der Waals surface area contributed by atoms with Crippen LogP contribution in [0, 0.1) is 17.8 Å². The number of hydrogen-bond acceptors (Lipinski definition) is 4. The summed E-state index contributed by atoms with van der Waals surface area (Å²) in [6.07, 6.45) is 3.05. The van der Waals surface area contributed by atoms with Gasteiger partial charge in [-0.1, -0.05) is 22.9 Å². The van der Waals surface area contributed by atoms with Crippen molar-refractivity contribution in [1.29, 1.82) is 0 Å². The molecular formula is C16H17ClN2OS. The van der Waals surface area contributed by atoms with Crippen LogP contribution in [0.25, 0.3) is 10.2 Å². The van der Waals surface area contributed by atoms with Gasteiger partial charge in [0.2, 0.25) is 0 Å². The third-order valence-electron chi connectivity index (χ3n) is 5.27. The van der Waals surface area contributed by atoms with E-state index >= 15 is 0 Å². The smallest absolute Gasteiger partial charge is 0.274 e. The Balaban J connectivity index is 1.43. The third-order valence-corrected chi connectivity index (χ3v) is 6.42. The molecule has 3 nitrogen and oxygen atoms in total. The average molecular weight is 321 g/mol. The summed E-state index contributed by atoms with van der Waals surface area (Å²) in [6.45, 7) is 3.75. The van der Waals surface area contributed by atoms with Crippen LogP contribution in [0.1, 0.15) is 12.8 Å². The molecule has 3 aliphatic heterocycles. The van der Waals surface area contributed by atoms with E-state index in [0.717, 1.165) is 26.4 Å². The van der Waals surface area contributed by atoms with Gasteiger partial charge in [-0.25, -0.2) is 4.98 Å². The molecule has 4 heterocycles. The zero-order chi connectivity index (χ0) is 14.0. The minimum absolute atomic E-state index is 0.369. The monoisotopic (exact) mass is 320 g/mol. The Hall–Kier alpha value is -0.840. The SMILES string of the molecule is Clc1ccc2nc(OC3[C@@H]4CC5C[C@@H]3CN(C5)C4)sc2c1. The largest absolute Gasteiger partial charge is 0.466 e. The number of thiazole rings is 1. The number of benzene rings is 1. The molecule has 0 radical (unpaired) electrons. The van der Waals surface area contributed by atoms with E-state index in [9.17, 15) is 0 Å². The van der Waals surface area contributed by atoms with Crippen LogP contribution in [-0.4, -0.2) is 35.6 Å². The molecule has 0 N–H and O–H groups in total. The molecule has 21 heavy (non-hydrogen) atoms. The summed E-state index contributed by atoms with van der Waals surface area (Å²) in [5, 5.41) is 1.58. The van der Waals surface area contributed by atoms with Gasteiger partial charge in [0.25, 0.3) is 5.19 Å². The summed E-state index contributed by atoms with van der Waals surface area (Å²) < 4.78 is 7.47. The van der Waals surface area contributed by atoms with E-state index in [0.29, 0.717) is 17.9 Å². The Morgan fingerprint density at radius 3 is 2.76 bits per heavy atom. The molecule has 4 fully saturated rings. The van der Waals surface area contributed by atoms with Crippen molar-refractivity contribution in [2.45, 2.75) is 18.9 Å². The first-order chi connectivity index (χ1) is 10.2. The van der Waals surface area contributed by atoms with Crippen LogP contribution >= 0.6 is 22.9 Å². The maximum Gasteiger partial charge on any atom is 0.274 e. The van der Waals surface area contributed by atoms with Crippen LogP contribution in [0.5, 0.6) is 5.19 Å². The van der Waals surface area contributed by atoms with Gasteiger partial charge in [0.05, 0.1) is 10.2 Å². The topological polar surface area (TPSA) is 25.4 Å². The lowest BCUT2D eigenvalue weighted by atomic mass is 9.66. The molecule has 1 aromatic heterocycles. The van der Waals surface area contributed by atoms with Gasteiger partial charge < -0.3 is 9.64 Å². The standard InChI is InChI=1S/C16H17ClN2OS/c17-12-1-2-13-14(5-12)21-16(18-13)20-15-10-3-9-4-11(15)8-19(6-9)7-10/h1-2,5,9-11,15H,3-4,6-8H2/t9?,10-,11-,15?/m1/s1. The first kappa shape index (κ1) is 12.7. The van der Waals surface area contributed by atoms with Gasteiger partial charge in [0.15, 0.2) is 0 Å². The Bertz CT molecular complexity index is 673. The normalized spacial score (nSPS) is 37.3. The lowest BCUT2D eigenvalue weighted by Gasteiger charge is -2.55. The Morgan fingerprint density at radius 2 is 2.00 bits per heavy atom. The molecule has 5 heteroatoms. The van der Waals surface area contributed by atoms with E-state index in [1.165, 1.54) is 32.5 Å². The fourth-order valence-electron chi connectivity index (χ4n) is 4.60. The lowest BCUT2D eigenvalue weighted by Crippen LogP contribution is -2.61. The molecule has 4 aliphatic rings. The highest BCUT2D eigenvalue weighted by molar-refractivity contribution is 7.20. The van der Waals surface area contributed by atoms with Crippen molar-refractivity contribution in [3.8, 4) is 5.19 Å². The van der Waals surface area contributed by atoms with Crippen LogP contribution < -0.4 is 4.74 Å². The van der Waals surface area contributed by atoms with Crippen LogP contribution in [0.15, 0.2) is 18.2 Å². The second-order valence-corrected chi connectivity index (χ2v) is 8.18. The molecule has 0 unspecified atom stereocenters. The predicted octanol–water partition coefficient (Wildman–Crippen LogP) is 3.67. The number of nitrogens with zero attached hydrogens (tertiary/aromatic N) is 2. The van der Waals surface area contributed by atoms with Gasteiger partial charge in [-0.15, -0.1) is 0 Å². The van der Waals surface area contributed by atoms with E-state index in [1.807, 2.05) is 18.2 Å². The van der Waals surface area contributed by atoms with Gasteiger partial charge >= 0.3 is 0 Å². The number of piperidine rings is 3. The Morgan fingerprint density at radius 1 is 1.19 bits per heavy atom. The van der Waals surface area contributed by atoms with Gasteiger partial charge in [0, 0.05) is 36.5 Å². The zero-order valence-electron chi connectivity index (χ0n) is 11.7. The van der Waals surface area contributed by atoms with Crippen LogP contribution in [0.4, 0.5) is 0 Å². The highest BCUT2D eigenvalue weighted by Gasteiger charge is 2.48. The van der Waals surface area contributed by atoms with Crippen LogP contribution in [0.2, 0.25) is 5.02 Å². The molecule has 1 saturated carbocycles. The fraction of sp³-hybridized carbons (Fsp3) is 0.562. The maximum absolute atomic E-state index is 6.35. The molecule has 3 saturated heterocycles. The number of hydrogen-bond donors (Lipinski definition) is 0. The van der Waals surface area contributed by atoms with Crippen molar-refractivity contribution < 1.29 is 4.74 Å². The summed E-state index contributed by atoms with van der Waals surface area (Å²) in [7, 11) is 0. The predicted molar refractivity (Wildman–Crippen MR) is 85.2 cm³/mol. The summed E-state index contributed by atoms with van der Waals surface area (Å²) in [5.41, 5.74) is 0.993. The van der Waals surface area contributed by atoms with Crippen LogP contribution in [-0.2, 0) is 0 Å². The minimum Gasteiger partial charge on any atom is -0.466 e. The second-order valence-electron chi connectivity index (χ2n) is 6.75. The molecular weight excluding hydrogens is 304 g/mol. The van der Waals surface area contributed by atoms with Gasteiger partial charge in [-0.2, -0.15) is 0 Å². The van der Waals surface area contributed by atoms with Crippen LogP contribution in [0.3, 0.4) is 0 Å². The number of halogens is 1. The summed E-state index contributed by atoms with van der Waals surface area (Å²) >= 11 is 7.68. The van der Waals surface area contributed by atoms with E-state index in [-0.39, 0.29) is 0 Å². The molecule has 110 valence electrons. The quantitative estimate of drug-likeness (QED) is 0.844. The van der Waals surface area contributed by atoms with Gasteiger partial charge in [0.1, 0.15) is 6.10 Å². The van der Waals surface area contributed by atoms with E-state index in [1.54, 1.807) is 11.3 Å². The molecule has 2 aromatic rings. The summed E-state index contributed by atoms with van der Waals surface area (Å²) in [6, 6.07) is 5.84. The zero-order valence-corrected chi connectivity index (χ0v) is 13.2. The van der Waals surface area contributed by atoms with E-state index < -0.39 is 0 Å². The van der Waals surface area contributed by atoms with E-state index in [2.05, 4.69) is 9.88 Å². The van der Waals surface area contributed by atoms with Gasteiger partial charge in [-0.3, -0.25) is 0 Å². The third kappa shape index (κ3) is 2.07. The molecule has 2 atom stereocenters. The Labute approximate surface area is 132 Å². The molecule has 1 aromatic carbocycles. The van der Waals surface area contributed by atoms with Crippen molar-refractivity contribution in [2.75, 3.05) is 19.6 Å². The number of rotatable bonds is 2. The molecule has 0 spiro atoms. The van der Waals surface area contributed by atoms with Crippen molar-refractivity contribution in [3.63, 3.8) is 0 Å². The van der Waals surface area contributed by atoms with Crippen molar-refractivity contribution >= 4 is 33.2 Å². The first-order valence-corrected chi connectivity index (χ1v) is 8.89. The van der Waals surface area contributed by atoms with Crippen molar-refractivity contribution in [1.82, 2.24) is 9.88 Å². The Kier molecular flexibility index (Phi) is 2.76. The van der Waals surface area contributed by atoms with Crippen molar-refractivity contribution in [2.24, 2.45) is 17.8 Å². The van der Waals surface area contributed by atoms with Gasteiger partial charge in [-0.05, 0) is 37.0 Å². The van der Waals surface area contributed by atoms with E-state index in [4.69, 9.17) is 16.3 Å². The lowest BCUT2D eigenvalue weighted by molar-refractivity contribution is -0.0984. The fourth-order valence-corrected chi connectivity index (χ4v) is 5.73. The average Bonchev–Trinajstić information content (AvgIpc) is 2.83. The number of ether oxygens (including phenoxy) is 1. The maximum atomic E-state index is 6.35. The highest BCUT2D eigenvalue weighted by Crippen LogP contribution is 2.45. The minimum atomic E-state index is 0.369. The molecule has 4 bridgehead atoms. The first-order valence-electron chi connectivity index (χ1n) is 7.70. The number of fused-ring (bicyclic) bond motifs is 1. The van der Waals surface area contributed by atoms with Crippen molar-refractivity contribution in [3.05, 3.63) is 23.2 Å². The second kappa shape index (κ2) is 4.58.